The van der Waals surface area contributed by atoms with Crippen LogP contribution in [0.5, 0.6) is 11.5 Å². The van der Waals surface area contributed by atoms with Gasteiger partial charge in [-0.2, -0.15) is 0 Å². The molecule has 2 aromatic carbocycles. The molecular weight excluding hydrogens is 260 g/mol. The van der Waals surface area contributed by atoms with Gasteiger partial charge in [0.2, 0.25) is 0 Å². The van der Waals surface area contributed by atoms with E-state index in [9.17, 15) is 0 Å². The maximum absolute atomic E-state index is 5.47. The second-order valence-corrected chi connectivity index (χ2v) is 5.33. The summed E-state index contributed by atoms with van der Waals surface area (Å²) in [5, 5.41) is 0. The van der Waals surface area contributed by atoms with Crippen LogP contribution in [0, 0.1) is 0 Å². The number of hydrogen-bond donors (Lipinski definition) is 0. The van der Waals surface area contributed by atoms with Gasteiger partial charge < -0.3 is 9.47 Å². The van der Waals surface area contributed by atoms with Crippen molar-refractivity contribution >= 4 is 12.2 Å². The lowest BCUT2D eigenvalue weighted by Gasteiger charge is -2.11. The Morgan fingerprint density at radius 3 is 1.62 bits per heavy atom. The van der Waals surface area contributed by atoms with E-state index in [2.05, 4.69) is 48.6 Å². The predicted molar refractivity (Wildman–Crippen MR) is 86.9 cm³/mol. The third kappa shape index (κ3) is 2.94. The molecule has 1 aliphatic carbocycles. The summed E-state index contributed by atoms with van der Waals surface area (Å²) in [6, 6.07) is 12.8. The molecule has 2 heteroatoms. The van der Waals surface area contributed by atoms with E-state index in [4.69, 9.17) is 9.47 Å². The SMILES string of the molecule is COc1ccc2cc1CCCc1cc(ccc1OC)/C=C\2. The van der Waals surface area contributed by atoms with Crippen molar-refractivity contribution in [3.05, 3.63) is 58.7 Å². The van der Waals surface area contributed by atoms with Crippen molar-refractivity contribution in [2.45, 2.75) is 19.3 Å². The minimum Gasteiger partial charge on any atom is -0.496 e. The van der Waals surface area contributed by atoms with E-state index < -0.39 is 0 Å². The molecule has 0 spiro atoms. The van der Waals surface area contributed by atoms with Crippen molar-refractivity contribution in [2.75, 3.05) is 14.2 Å². The quantitative estimate of drug-likeness (QED) is 0.813. The van der Waals surface area contributed by atoms with Crippen molar-refractivity contribution in [3.8, 4) is 11.5 Å². The first-order valence-electron chi connectivity index (χ1n) is 7.32. The molecule has 0 radical (unpaired) electrons. The summed E-state index contributed by atoms with van der Waals surface area (Å²) in [4.78, 5) is 0. The van der Waals surface area contributed by atoms with Crippen LogP contribution in [0.3, 0.4) is 0 Å². The second-order valence-electron chi connectivity index (χ2n) is 5.33. The van der Waals surface area contributed by atoms with E-state index in [1.807, 2.05) is 0 Å². The van der Waals surface area contributed by atoms with Crippen LogP contribution in [0.1, 0.15) is 28.7 Å². The summed E-state index contributed by atoms with van der Waals surface area (Å²) in [7, 11) is 3.47. The standard InChI is InChI=1S/C19H20O2/c1-20-18-10-8-14-6-7-15-9-11-19(21-2)17(13-15)5-3-4-16(18)12-14/h6-13H,3-5H2,1-2H3/b7-6-. The molecule has 0 saturated heterocycles. The van der Waals surface area contributed by atoms with Crippen LogP contribution in [0.15, 0.2) is 36.4 Å². The Labute approximate surface area is 126 Å². The molecule has 2 nitrogen and oxygen atoms in total. The molecule has 0 heterocycles. The Morgan fingerprint density at radius 1 is 0.714 bits per heavy atom. The van der Waals surface area contributed by atoms with Crippen LogP contribution < -0.4 is 9.47 Å². The minimum atomic E-state index is 0.977. The molecule has 3 rings (SSSR count). The third-order valence-electron chi connectivity index (χ3n) is 3.97. The van der Waals surface area contributed by atoms with Gasteiger partial charge in [0, 0.05) is 0 Å². The van der Waals surface area contributed by atoms with Crippen LogP contribution in [-0.4, -0.2) is 14.2 Å². The van der Waals surface area contributed by atoms with Gasteiger partial charge >= 0.3 is 0 Å². The van der Waals surface area contributed by atoms with E-state index in [-0.39, 0.29) is 0 Å². The molecule has 4 bridgehead atoms. The number of methoxy groups -OCH3 is 2. The van der Waals surface area contributed by atoms with E-state index in [1.54, 1.807) is 14.2 Å². The number of hydrogen-bond acceptors (Lipinski definition) is 2. The first-order valence-corrected chi connectivity index (χ1v) is 7.32. The number of rotatable bonds is 2. The molecule has 0 saturated carbocycles. The summed E-state index contributed by atoms with van der Waals surface area (Å²) in [6.07, 6.45) is 7.41. The lowest BCUT2D eigenvalue weighted by Crippen LogP contribution is -1.97. The van der Waals surface area contributed by atoms with Gasteiger partial charge in [0.15, 0.2) is 0 Å². The van der Waals surface area contributed by atoms with Gasteiger partial charge in [0.05, 0.1) is 14.2 Å². The van der Waals surface area contributed by atoms with Gasteiger partial charge in [-0.1, -0.05) is 24.3 Å². The van der Waals surface area contributed by atoms with E-state index in [0.717, 1.165) is 30.8 Å². The average molecular weight is 280 g/mol. The number of ether oxygens (including phenoxy) is 2. The van der Waals surface area contributed by atoms with Gasteiger partial charge in [-0.15, -0.1) is 0 Å². The summed E-state index contributed by atoms with van der Waals surface area (Å²) < 4.78 is 10.9. The van der Waals surface area contributed by atoms with Crippen molar-refractivity contribution < 1.29 is 9.47 Å². The Kier molecular flexibility index (Phi) is 3.96. The molecule has 0 N–H and O–H groups in total. The van der Waals surface area contributed by atoms with Gasteiger partial charge in [-0.05, 0) is 65.8 Å². The molecule has 0 atom stereocenters. The molecule has 0 aliphatic heterocycles. The Bertz CT molecular complexity index is 614. The van der Waals surface area contributed by atoms with Crippen LogP contribution in [-0.2, 0) is 12.8 Å². The highest BCUT2D eigenvalue weighted by Crippen LogP contribution is 2.27. The van der Waals surface area contributed by atoms with Crippen LogP contribution in [0.4, 0.5) is 0 Å². The first kappa shape index (κ1) is 13.7. The summed E-state index contributed by atoms with van der Waals surface area (Å²) in [5.74, 6) is 1.95. The van der Waals surface area contributed by atoms with Crippen LogP contribution in [0.25, 0.3) is 12.2 Å². The molecular formula is C19H20O2. The summed E-state index contributed by atoms with van der Waals surface area (Å²) in [6.45, 7) is 0. The molecule has 21 heavy (non-hydrogen) atoms. The van der Waals surface area contributed by atoms with Crippen molar-refractivity contribution in [1.29, 1.82) is 0 Å². The highest BCUT2D eigenvalue weighted by Gasteiger charge is 2.08. The average Bonchev–Trinajstić information content (AvgIpc) is 2.54. The Hall–Kier alpha value is -2.22. The Morgan fingerprint density at radius 2 is 1.19 bits per heavy atom. The molecule has 0 fully saturated rings. The Balaban J connectivity index is 2.02. The summed E-state index contributed by atoms with van der Waals surface area (Å²) in [5.41, 5.74) is 4.97. The molecule has 0 unspecified atom stereocenters. The fourth-order valence-electron chi connectivity index (χ4n) is 2.86. The topological polar surface area (TPSA) is 18.5 Å². The lowest BCUT2D eigenvalue weighted by molar-refractivity contribution is 0.406. The fraction of sp³-hybridized carbons (Fsp3) is 0.263. The van der Waals surface area contributed by atoms with Gasteiger partial charge in [-0.3, -0.25) is 0 Å². The first-order chi connectivity index (χ1) is 10.3. The lowest BCUT2D eigenvalue weighted by atomic mass is 10.0. The highest BCUT2D eigenvalue weighted by molar-refractivity contribution is 5.71. The van der Waals surface area contributed by atoms with E-state index >= 15 is 0 Å². The normalized spacial score (nSPS) is 15.0. The zero-order chi connectivity index (χ0) is 14.7. The maximum atomic E-state index is 5.47. The van der Waals surface area contributed by atoms with Gasteiger partial charge in [-0.25, -0.2) is 0 Å². The van der Waals surface area contributed by atoms with Crippen molar-refractivity contribution in [2.24, 2.45) is 0 Å². The largest absolute Gasteiger partial charge is 0.496 e. The second kappa shape index (κ2) is 6.04. The number of aryl methyl sites for hydroxylation is 2. The molecule has 0 amide bonds. The predicted octanol–water partition coefficient (Wildman–Crippen LogP) is 4.36. The highest BCUT2D eigenvalue weighted by atomic mass is 16.5. The maximum Gasteiger partial charge on any atom is 0.122 e. The zero-order valence-corrected chi connectivity index (χ0v) is 12.6. The van der Waals surface area contributed by atoms with Crippen LogP contribution in [0.2, 0.25) is 0 Å². The molecule has 108 valence electrons. The fourth-order valence-corrected chi connectivity index (χ4v) is 2.86. The van der Waals surface area contributed by atoms with E-state index in [1.165, 1.54) is 22.3 Å². The summed E-state index contributed by atoms with van der Waals surface area (Å²) >= 11 is 0. The minimum absolute atomic E-state index is 0.977. The number of benzene rings is 2. The smallest absolute Gasteiger partial charge is 0.122 e. The van der Waals surface area contributed by atoms with Crippen molar-refractivity contribution in [1.82, 2.24) is 0 Å². The van der Waals surface area contributed by atoms with Crippen molar-refractivity contribution in [3.63, 3.8) is 0 Å². The molecule has 1 aliphatic rings. The van der Waals surface area contributed by atoms with Gasteiger partial charge in [0.1, 0.15) is 11.5 Å². The number of fused-ring (bicyclic) bond motifs is 4. The van der Waals surface area contributed by atoms with E-state index in [0.29, 0.717) is 0 Å². The molecule has 2 aromatic rings. The monoisotopic (exact) mass is 280 g/mol. The third-order valence-corrected chi connectivity index (χ3v) is 3.97. The van der Waals surface area contributed by atoms with Gasteiger partial charge in [0.25, 0.3) is 0 Å². The zero-order valence-electron chi connectivity index (χ0n) is 12.6. The molecule has 0 aromatic heterocycles. The van der Waals surface area contributed by atoms with Crippen LogP contribution >= 0.6 is 0 Å².